The number of phosphoric ester groups is 4. The number of hydrogen-bond donors (Lipinski definition) is 9. The average molecular weight is 1110 g/mol. The molecule has 0 saturated heterocycles. The van der Waals surface area contributed by atoms with E-state index in [0.717, 1.165) is 0 Å². The summed E-state index contributed by atoms with van der Waals surface area (Å²) >= 11 is 0. The van der Waals surface area contributed by atoms with Crippen LogP contribution in [-0.2, 0) is 59.9 Å². The molecule has 8 atom stereocenters. The maximum absolute atomic E-state index is 14.2. The van der Waals surface area contributed by atoms with Crippen LogP contribution in [0.3, 0.4) is 0 Å². The van der Waals surface area contributed by atoms with Gasteiger partial charge in [0.25, 0.3) is 0 Å². The van der Waals surface area contributed by atoms with Gasteiger partial charge in [-0.05, 0) is 12.7 Å². The molecule has 398 valence electrons. The van der Waals surface area contributed by atoms with Crippen LogP contribution >= 0.6 is 31.3 Å². The van der Waals surface area contributed by atoms with E-state index in [2.05, 4.69) is 32.1 Å². The SMILES string of the molecule is [2H]C([2H])([2H])C([2H])([2H])C([2H])([2H])C([2H])([2H])C([2H])([2H])C([2H])([2H])C([2H])([2H])C([2H])([2H])C([2H])([2H])C([2H])([2H])C([2H])([2H])C([2H])([2H])C([2H])([2H])C([2H])([2H])C([2H])([2H])C(=O)OCC(COP(=O)(O)OC1[C@H](O)[C@H](OP(=O)(O)O)C(OP(=O)(O)O)[C@H](OP(=O)(O)O)[C@H]1O)OC(=O)C([2H])([2H])C([2H])([2H])C([2H])([2H])C([2H])([2H])C([2H])([2H])C([2H])([2H])C([2H])([2H])C([2H])([2H])C([2H])([2H])C([2H])([2H])C([2H])([2H])C([2H])([2H])C([2H])([2H])C([2H])([2H])C([2H])([2H])[2H]. The van der Waals surface area contributed by atoms with Crippen LogP contribution < -0.4 is 0 Å². The van der Waals surface area contributed by atoms with E-state index < -0.39 is 291 Å². The van der Waals surface area contributed by atoms with Gasteiger partial charge in [0.1, 0.15) is 43.2 Å². The second-order valence-electron chi connectivity index (χ2n) is 10.6. The number of carbonyl (C=O) groups excluding carboxylic acids is 2. The topological polar surface area (TPSA) is 349 Å². The van der Waals surface area contributed by atoms with E-state index in [1.54, 1.807) is 0 Å². The number of aliphatic hydroxyl groups is 2. The molecule has 0 bridgehead atoms. The Morgan fingerprint density at radius 3 is 1.15 bits per heavy atom. The van der Waals surface area contributed by atoms with Crippen molar-refractivity contribution in [3.63, 3.8) is 0 Å². The third kappa shape index (κ3) is 33.6. The smallest absolute Gasteiger partial charge is 0.462 e. The molecule has 67 heavy (non-hydrogen) atoms. The summed E-state index contributed by atoms with van der Waals surface area (Å²) in [6.07, 6.45) is -176. The normalized spacial score (nSPS) is 41.9. The number of ether oxygens (including phenoxy) is 2. The van der Waals surface area contributed by atoms with Crippen molar-refractivity contribution in [1.82, 2.24) is 0 Å². The zero-order valence-electron chi connectivity index (χ0n) is 94.6. The van der Waals surface area contributed by atoms with Crippen LogP contribution in [0, 0.1) is 0 Å². The fourth-order valence-corrected chi connectivity index (χ4v) is 6.49. The van der Waals surface area contributed by atoms with Crippen molar-refractivity contribution in [2.75, 3.05) is 13.2 Å². The second kappa shape index (κ2) is 35.4. The molecule has 0 heterocycles. The summed E-state index contributed by atoms with van der Waals surface area (Å²) in [5.74, 6) is -6.76. The van der Waals surface area contributed by atoms with Crippen LogP contribution in [0.2, 0.25) is 0 Å². The molecule has 4 unspecified atom stereocenters. The Kier molecular flexibility index (Phi) is 9.08. The molecule has 1 saturated carbocycles. The Morgan fingerprint density at radius 1 is 0.463 bits per heavy atom. The van der Waals surface area contributed by atoms with E-state index >= 15 is 0 Å². The van der Waals surface area contributed by atoms with Crippen LogP contribution in [0.5, 0.6) is 0 Å². The van der Waals surface area contributed by atoms with Gasteiger partial charge < -0.3 is 53.9 Å². The van der Waals surface area contributed by atoms with Crippen LogP contribution in [0.4, 0.5) is 0 Å². The molecule has 1 fully saturated rings. The molecule has 0 aliphatic heterocycles. The Balaban J connectivity index is 4.61. The quantitative estimate of drug-likeness (QED) is 0.0206. The van der Waals surface area contributed by atoms with Gasteiger partial charge in [-0.25, -0.2) is 18.3 Å². The summed E-state index contributed by atoms with van der Waals surface area (Å²) in [7, 11) is -26.1. The van der Waals surface area contributed by atoms with Gasteiger partial charge in [-0.15, -0.1) is 0 Å². The van der Waals surface area contributed by atoms with Gasteiger partial charge in [0.05, 0.1) is 6.61 Å². The molecular weight excluding hydrogens is 968 g/mol. The maximum atomic E-state index is 14.2. The van der Waals surface area contributed by atoms with E-state index in [1.165, 1.54) is 0 Å². The van der Waals surface area contributed by atoms with Crippen molar-refractivity contribution in [2.24, 2.45) is 0 Å². The molecule has 0 radical (unpaired) electrons. The Labute approximate surface area is 483 Å². The highest BCUT2D eigenvalue weighted by molar-refractivity contribution is 7.47. The molecule has 0 spiro atoms. The molecule has 0 aromatic heterocycles. The van der Waals surface area contributed by atoms with Crippen molar-refractivity contribution in [3.05, 3.63) is 0 Å². The van der Waals surface area contributed by atoms with Crippen LogP contribution in [0.1, 0.15) is 277 Å². The lowest BCUT2D eigenvalue weighted by molar-refractivity contribution is -0.209. The highest BCUT2D eigenvalue weighted by Crippen LogP contribution is 2.53. The van der Waals surface area contributed by atoms with Crippen molar-refractivity contribution in [2.45, 2.75) is 235 Å². The van der Waals surface area contributed by atoms with Crippen LogP contribution in [0.15, 0.2) is 0 Å². The lowest BCUT2D eigenvalue weighted by Crippen LogP contribution is -2.65. The minimum absolute atomic E-state index is 2.62. The lowest BCUT2D eigenvalue weighted by Gasteiger charge is -2.45. The van der Waals surface area contributed by atoms with Gasteiger partial charge in [-0.3, -0.25) is 32.2 Å². The van der Waals surface area contributed by atoms with Gasteiger partial charge in [0.2, 0.25) is 0 Å². The summed E-state index contributed by atoms with van der Waals surface area (Å²) in [6.45, 7) is -14.0. The van der Waals surface area contributed by atoms with Crippen molar-refractivity contribution < 1.29 is 189 Å². The first kappa shape index (κ1) is 17.2. The van der Waals surface area contributed by atoms with Crippen molar-refractivity contribution in [3.8, 4) is 0 Å². The predicted molar refractivity (Wildman–Crippen MR) is 245 cm³/mol. The minimum Gasteiger partial charge on any atom is -0.462 e. The number of rotatable bonds is 42. The number of carbonyl (C=O) groups is 2. The van der Waals surface area contributed by atoms with Gasteiger partial charge in [-0.2, -0.15) is 0 Å². The Bertz CT molecular complexity index is 4200. The molecule has 1 aliphatic carbocycles. The predicted octanol–water partition coefficient (Wildman–Crippen LogP) is 8.08. The summed E-state index contributed by atoms with van der Waals surface area (Å²) in [6, 6.07) is 0. The Hall–Kier alpha value is -0.700. The molecule has 1 rings (SSSR count). The average Bonchev–Trinajstić information content (AvgIpc) is 0.674. The third-order valence-corrected chi connectivity index (χ3v) is 8.49. The second-order valence-corrected chi connectivity index (χ2v) is 15.6. The molecule has 9 N–H and O–H groups in total. The standard InChI is InChI=1S/C41H82O22P4/c1-3-5-7-9-11-13-15-17-19-21-23-25-27-29-34(42)57-31-33(59-35(43)30-28-26-24-22-20-18-16-14-12-10-8-6-4-2)32-58-67(55,56)63-38-36(44)39(60-64(46,47)48)41(62-66(52,53)54)40(37(38)45)61-65(49,50)51/h33,36-41,44-45H,3-32H2,1-2H3,(H,55,56)(H2,46,47,48)(H2,49,50,51)(H2,52,53,54)/t33?,36-,37-,38?,39-,40+,41?/m0/s1/i1D3,2D3,3D2,4D2,5D2,6D2,7D2,8D2,9D2,10D2,11D2,12D2,13D2,14D2,15D2,16D2,17D2,18D2,19D2,20D2,21D2,22D2,23D2,24D2,25D2,26D2,27D2,28D2,29D2,30D2. The van der Waals surface area contributed by atoms with Crippen LogP contribution in [-0.4, -0.2) is 112 Å². The minimum atomic E-state index is -6.98. The largest absolute Gasteiger partial charge is 0.472 e. The first-order valence-corrected chi connectivity index (χ1v) is 22.5. The fraction of sp³-hybridized carbons (Fsp3) is 0.951. The summed E-state index contributed by atoms with van der Waals surface area (Å²) in [5.41, 5.74) is 0. The highest BCUT2D eigenvalue weighted by Gasteiger charge is 2.59. The number of phosphoric acid groups is 4. The number of esters is 2. The van der Waals surface area contributed by atoms with Crippen molar-refractivity contribution >= 4 is 43.2 Å². The summed E-state index contributed by atoms with van der Waals surface area (Å²) in [5, 5.41) is 22.3. The van der Waals surface area contributed by atoms with Gasteiger partial charge in [0, 0.05) is 97.7 Å². The summed E-state index contributed by atoms with van der Waals surface area (Å²) in [4.78, 5) is 96.6. The summed E-state index contributed by atoms with van der Waals surface area (Å²) < 4.78 is 591. The lowest BCUT2D eigenvalue weighted by atomic mass is 9.85. The van der Waals surface area contributed by atoms with Crippen LogP contribution in [0.25, 0.3) is 0 Å². The van der Waals surface area contributed by atoms with Gasteiger partial charge in [-0.1, -0.05) is 167 Å². The zero-order chi connectivity index (χ0) is 106. The number of hydrogen-bond acceptors (Lipinski definition) is 15. The zero-order valence-corrected chi connectivity index (χ0v) is 36.2. The molecule has 1 aliphatic rings. The maximum Gasteiger partial charge on any atom is 0.472 e. The fourth-order valence-electron chi connectivity index (χ4n) is 3.83. The monoisotopic (exact) mass is 1110 g/mol. The van der Waals surface area contributed by atoms with E-state index in [4.69, 9.17) is 85.0 Å². The third-order valence-electron chi connectivity index (χ3n) is 5.95. The van der Waals surface area contributed by atoms with E-state index in [0.29, 0.717) is 0 Å². The Morgan fingerprint density at radius 2 is 0.791 bits per heavy atom. The van der Waals surface area contributed by atoms with Crippen molar-refractivity contribution in [1.29, 1.82) is 0 Å². The van der Waals surface area contributed by atoms with E-state index in [-0.39, 0.29) is 0 Å². The van der Waals surface area contributed by atoms with Gasteiger partial charge in [0.15, 0.2) is 6.10 Å². The molecule has 0 aromatic rings. The molecule has 26 heteroatoms. The van der Waals surface area contributed by atoms with Gasteiger partial charge >= 0.3 is 43.2 Å². The first-order chi connectivity index (χ1) is 54.8. The first-order valence-electron chi connectivity index (χ1n) is 47.4. The molecule has 0 aromatic carbocycles. The van der Waals surface area contributed by atoms with E-state index in [1.807, 2.05) is 0 Å². The molecular formula is C41H82O22P4. The molecule has 0 amide bonds. The van der Waals surface area contributed by atoms with E-state index in [9.17, 15) is 72.3 Å². The number of aliphatic hydroxyl groups excluding tert-OH is 2. The highest BCUT2D eigenvalue weighted by atomic mass is 31.2. The molecule has 22 nitrogen and oxygen atoms in total.